The van der Waals surface area contributed by atoms with E-state index in [0.717, 1.165) is 4.90 Å². The van der Waals surface area contributed by atoms with E-state index in [4.69, 9.17) is 0 Å². The molecule has 0 atom stereocenters. The van der Waals surface area contributed by atoms with Gasteiger partial charge in [-0.15, -0.1) is 0 Å². The van der Waals surface area contributed by atoms with Crippen molar-refractivity contribution in [1.29, 1.82) is 0 Å². The van der Waals surface area contributed by atoms with Crippen molar-refractivity contribution in [2.75, 3.05) is 36.9 Å². The van der Waals surface area contributed by atoms with Crippen LogP contribution in [0.5, 0.6) is 0 Å². The molecule has 1 N–H and O–H groups in total. The summed E-state index contributed by atoms with van der Waals surface area (Å²) in [7, 11) is 1.57. The van der Waals surface area contributed by atoms with Gasteiger partial charge < -0.3 is 15.1 Å². The molecule has 1 saturated heterocycles. The zero-order chi connectivity index (χ0) is 19.4. The molecule has 5 amide bonds. The number of carbonyl (C=O) groups is 3. The number of amides is 5. The van der Waals surface area contributed by atoms with Crippen LogP contribution in [0.3, 0.4) is 0 Å². The van der Waals surface area contributed by atoms with Crippen LogP contribution in [0.15, 0.2) is 42.7 Å². The van der Waals surface area contributed by atoms with Gasteiger partial charge in [0.2, 0.25) is 0 Å². The minimum atomic E-state index is -0.377. The molecule has 1 fully saturated rings. The number of aromatic nitrogens is 2. The molecule has 0 saturated carbocycles. The SMILES string of the molecule is CCN(CCn1cccn1)C(=O)Nc1cccc(N2C(=O)CN(C)C2=O)c1. The van der Waals surface area contributed by atoms with Gasteiger partial charge in [0.25, 0.3) is 5.91 Å². The number of hydrogen-bond donors (Lipinski definition) is 1. The summed E-state index contributed by atoms with van der Waals surface area (Å²) >= 11 is 0. The first-order valence-electron chi connectivity index (χ1n) is 8.71. The van der Waals surface area contributed by atoms with Gasteiger partial charge in [-0.05, 0) is 31.2 Å². The lowest BCUT2D eigenvalue weighted by atomic mass is 10.2. The highest BCUT2D eigenvalue weighted by molar-refractivity contribution is 6.19. The Bertz CT molecular complexity index is 835. The fraction of sp³-hybridized carbons (Fsp3) is 0.333. The number of nitrogens with zero attached hydrogens (tertiary/aromatic N) is 5. The number of likely N-dealkylation sites (N-methyl/N-ethyl adjacent to an activating group) is 2. The number of urea groups is 2. The zero-order valence-electron chi connectivity index (χ0n) is 15.3. The van der Waals surface area contributed by atoms with Crippen LogP contribution in [0.1, 0.15) is 6.92 Å². The molecule has 1 aliphatic heterocycles. The number of hydrogen-bond acceptors (Lipinski definition) is 4. The first-order valence-corrected chi connectivity index (χ1v) is 8.71. The topological polar surface area (TPSA) is 90.8 Å². The van der Waals surface area contributed by atoms with Crippen molar-refractivity contribution in [3.8, 4) is 0 Å². The Morgan fingerprint density at radius 1 is 1.30 bits per heavy atom. The average molecular weight is 370 g/mol. The van der Waals surface area contributed by atoms with E-state index in [1.807, 2.05) is 19.2 Å². The van der Waals surface area contributed by atoms with Crippen LogP contribution in [-0.2, 0) is 11.3 Å². The van der Waals surface area contributed by atoms with Gasteiger partial charge >= 0.3 is 12.1 Å². The summed E-state index contributed by atoms with van der Waals surface area (Å²) in [6.07, 6.45) is 3.54. The Kier molecular flexibility index (Phi) is 5.39. The molecule has 3 rings (SSSR count). The Morgan fingerprint density at radius 3 is 2.74 bits per heavy atom. The van der Waals surface area contributed by atoms with Crippen LogP contribution in [0, 0.1) is 0 Å². The zero-order valence-corrected chi connectivity index (χ0v) is 15.3. The van der Waals surface area contributed by atoms with Crippen molar-refractivity contribution >= 4 is 29.3 Å². The molecule has 2 aromatic rings. The van der Waals surface area contributed by atoms with Gasteiger partial charge in [-0.25, -0.2) is 14.5 Å². The van der Waals surface area contributed by atoms with E-state index in [2.05, 4.69) is 10.4 Å². The molecule has 2 heterocycles. The highest BCUT2D eigenvalue weighted by atomic mass is 16.2. The summed E-state index contributed by atoms with van der Waals surface area (Å²) < 4.78 is 1.76. The number of carbonyl (C=O) groups excluding carboxylic acids is 3. The van der Waals surface area contributed by atoms with Crippen molar-refractivity contribution in [3.05, 3.63) is 42.7 Å². The Morgan fingerprint density at radius 2 is 2.11 bits per heavy atom. The van der Waals surface area contributed by atoms with E-state index >= 15 is 0 Å². The molecule has 142 valence electrons. The van der Waals surface area contributed by atoms with Gasteiger partial charge in [-0.2, -0.15) is 5.10 Å². The van der Waals surface area contributed by atoms with Crippen molar-refractivity contribution in [2.45, 2.75) is 13.5 Å². The van der Waals surface area contributed by atoms with Gasteiger partial charge in [-0.3, -0.25) is 9.48 Å². The van der Waals surface area contributed by atoms with Crippen molar-refractivity contribution in [2.24, 2.45) is 0 Å². The molecular formula is C18H22N6O3. The molecule has 1 aromatic carbocycles. The van der Waals surface area contributed by atoms with E-state index in [-0.39, 0.29) is 24.5 Å². The Labute approximate surface area is 157 Å². The minimum absolute atomic E-state index is 0.0481. The second-order valence-electron chi connectivity index (χ2n) is 6.20. The molecule has 27 heavy (non-hydrogen) atoms. The Hall–Kier alpha value is -3.36. The molecule has 0 radical (unpaired) electrons. The minimum Gasteiger partial charge on any atom is -0.323 e. The predicted molar refractivity (Wildman–Crippen MR) is 100 cm³/mol. The van der Waals surface area contributed by atoms with Crippen LogP contribution < -0.4 is 10.2 Å². The molecular weight excluding hydrogens is 348 g/mol. The number of imide groups is 1. The molecule has 0 bridgehead atoms. The fourth-order valence-corrected chi connectivity index (χ4v) is 2.86. The lowest BCUT2D eigenvalue weighted by molar-refractivity contribution is -0.116. The van der Waals surface area contributed by atoms with Gasteiger partial charge in [0, 0.05) is 38.2 Å². The van der Waals surface area contributed by atoms with Crippen LogP contribution >= 0.6 is 0 Å². The van der Waals surface area contributed by atoms with Gasteiger partial charge in [0.05, 0.1) is 12.2 Å². The largest absolute Gasteiger partial charge is 0.331 e. The first kappa shape index (κ1) is 18.4. The summed E-state index contributed by atoms with van der Waals surface area (Å²) in [6, 6.07) is 7.91. The molecule has 0 aliphatic carbocycles. The number of anilines is 2. The molecule has 1 aliphatic rings. The molecule has 9 nitrogen and oxygen atoms in total. The van der Waals surface area contributed by atoms with E-state index in [1.165, 1.54) is 4.90 Å². The van der Waals surface area contributed by atoms with Gasteiger partial charge in [-0.1, -0.05) is 6.07 Å². The smallest absolute Gasteiger partial charge is 0.323 e. The standard InChI is InChI=1S/C18H22N6O3/c1-3-22(10-11-23-9-5-8-19-23)17(26)20-14-6-4-7-15(12-14)24-16(25)13-21(2)18(24)27/h4-9,12H,3,10-11,13H2,1-2H3,(H,20,26). The number of rotatable bonds is 6. The number of nitrogens with one attached hydrogen (secondary N) is 1. The lowest BCUT2D eigenvalue weighted by Gasteiger charge is -2.22. The average Bonchev–Trinajstić information content (AvgIpc) is 3.24. The fourth-order valence-electron chi connectivity index (χ4n) is 2.86. The van der Waals surface area contributed by atoms with E-state index in [9.17, 15) is 14.4 Å². The highest BCUT2D eigenvalue weighted by Crippen LogP contribution is 2.24. The third-order valence-electron chi connectivity index (χ3n) is 4.32. The third-order valence-corrected chi connectivity index (χ3v) is 4.32. The van der Waals surface area contributed by atoms with Crippen LogP contribution in [0.25, 0.3) is 0 Å². The number of benzene rings is 1. The van der Waals surface area contributed by atoms with Crippen molar-refractivity contribution in [1.82, 2.24) is 19.6 Å². The Balaban J connectivity index is 1.67. The second-order valence-corrected chi connectivity index (χ2v) is 6.20. The molecule has 0 unspecified atom stereocenters. The van der Waals surface area contributed by atoms with Crippen LogP contribution in [0.2, 0.25) is 0 Å². The maximum atomic E-state index is 12.5. The lowest BCUT2D eigenvalue weighted by Crippen LogP contribution is -2.37. The van der Waals surface area contributed by atoms with E-state index in [0.29, 0.717) is 31.0 Å². The molecule has 0 spiro atoms. The maximum absolute atomic E-state index is 12.5. The van der Waals surface area contributed by atoms with E-state index in [1.54, 1.807) is 47.1 Å². The summed E-state index contributed by atoms with van der Waals surface area (Å²) in [5.74, 6) is -0.291. The summed E-state index contributed by atoms with van der Waals surface area (Å²) in [6.45, 7) is 3.60. The summed E-state index contributed by atoms with van der Waals surface area (Å²) in [5, 5.41) is 6.95. The normalized spacial score (nSPS) is 14.0. The van der Waals surface area contributed by atoms with Crippen molar-refractivity contribution in [3.63, 3.8) is 0 Å². The third kappa shape index (κ3) is 4.08. The first-order chi connectivity index (χ1) is 13.0. The summed E-state index contributed by atoms with van der Waals surface area (Å²) in [5.41, 5.74) is 0.955. The second kappa shape index (κ2) is 7.90. The van der Waals surface area contributed by atoms with E-state index < -0.39 is 0 Å². The maximum Gasteiger partial charge on any atom is 0.331 e. The molecule has 1 aromatic heterocycles. The quantitative estimate of drug-likeness (QED) is 0.786. The summed E-state index contributed by atoms with van der Waals surface area (Å²) in [4.78, 5) is 40.8. The van der Waals surface area contributed by atoms with Gasteiger partial charge in [0.15, 0.2) is 0 Å². The highest BCUT2D eigenvalue weighted by Gasteiger charge is 2.34. The molecule has 9 heteroatoms. The van der Waals surface area contributed by atoms with Gasteiger partial charge in [0.1, 0.15) is 6.54 Å². The van der Waals surface area contributed by atoms with Crippen LogP contribution in [0.4, 0.5) is 21.0 Å². The monoisotopic (exact) mass is 370 g/mol. The van der Waals surface area contributed by atoms with Crippen molar-refractivity contribution < 1.29 is 14.4 Å². The predicted octanol–water partition coefficient (Wildman–Crippen LogP) is 1.84. The van der Waals surface area contributed by atoms with Crippen LogP contribution in [-0.4, -0.2) is 64.2 Å².